The molecule has 0 radical (unpaired) electrons. The van der Waals surface area contributed by atoms with Crippen molar-refractivity contribution in [3.05, 3.63) is 64.9 Å². The minimum Gasteiger partial charge on any atom is -0.330 e. The Hall–Kier alpha value is -2.40. The van der Waals surface area contributed by atoms with Crippen molar-refractivity contribution in [3.63, 3.8) is 0 Å². The maximum atomic E-state index is 12.7. The van der Waals surface area contributed by atoms with E-state index in [1.165, 1.54) is 24.3 Å². The van der Waals surface area contributed by atoms with Gasteiger partial charge in [-0.25, -0.2) is 8.42 Å². The summed E-state index contributed by atoms with van der Waals surface area (Å²) in [5, 5.41) is 1.95. The first kappa shape index (κ1) is 18.9. The highest BCUT2D eigenvalue weighted by atomic mass is 32.2. The molecule has 0 bridgehead atoms. The van der Waals surface area contributed by atoms with Gasteiger partial charge in [0.05, 0.1) is 18.0 Å². The molecule has 2 aromatic rings. The maximum Gasteiger partial charge on any atom is 0.254 e. The fraction of sp³-hybridized carbons (Fsp3) is 0.167. The maximum absolute atomic E-state index is 12.7. The molecule has 1 aromatic carbocycles. The van der Waals surface area contributed by atoms with Gasteiger partial charge in [0.15, 0.2) is 0 Å². The SMILES string of the molecule is C#CCNS(=O)(=O)c1ccc(C(=O)N(CC=C)Cc2cccs2)cc1. The first-order valence-electron chi connectivity index (χ1n) is 7.43. The monoisotopic (exact) mass is 374 g/mol. The Morgan fingerprint density at radius 3 is 2.60 bits per heavy atom. The fourth-order valence-electron chi connectivity index (χ4n) is 2.15. The van der Waals surface area contributed by atoms with E-state index < -0.39 is 10.0 Å². The number of terminal acetylenes is 1. The van der Waals surface area contributed by atoms with E-state index in [-0.39, 0.29) is 17.3 Å². The van der Waals surface area contributed by atoms with Crippen LogP contribution < -0.4 is 4.72 Å². The van der Waals surface area contributed by atoms with E-state index in [4.69, 9.17) is 6.42 Å². The molecule has 25 heavy (non-hydrogen) atoms. The van der Waals surface area contributed by atoms with Gasteiger partial charge in [-0.05, 0) is 35.7 Å². The van der Waals surface area contributed by atoms with Gasteiger partial charge in [-0.1, -0.05) is 18.1 Å². The van der Waals surface area contributed by atoms with Crippen molar-refractivity contribution in [2.45, 2.75) is 11.4 Å². The quantitative estimate of drug-likeness (QED) is 0.570. The number of sulfonamides is 1. The lowest BCUT2D eigenvalue weighted by atomic mass is 10.2. The van der Waals surface area contributed by atoms with Crippen LogP contribution in [0.15, 0.2) is 59.3 Å². The van der Waals surface area contributed by atoms with E-state index in [1.54, 1.807) is 22.3 Å². The van der Waals surface area contributed by atoms with Crippen LogP contribution in [0, 0.1) is 12.3 Å². The van der Waals surface area contributed by atoms with Crippen molar-refractivity contribution < 1.29 is 13.2 Å². The molecule has 0 unspecified atom stereocenters. The molecule has 0 fully saturated rings. The van der Waals surface area contributed by atoms with Crippen LogP contribution in [0.25, 0.3) is 0 Å². The van der Waals surface area contributed by atoms with Crippen LogP contribution in [-0.2, 0) is 16.6 Å². The van der Waals surface area contributed by atoms with Gasteiger partial charge in [0.2, 0.25) is 10.0 Å². The third-order valence-electron chi connectivity index (χ3n) is 3.34. The van der Waals surface area contributed by atoms with Gasteiger partial charge in [0.1, 0.15) is 0 Å². The lowest BCUT2D eigenvalue weighted by Crippen LogP contribution is -2.30. The number of benzene rings is 1. The number of nitrogens with zero attached hydrogens (tertiary/aromatic N) is 1. The van der Waals surface area contributed by atoms with Crippen molar-refractivity contribution >= 4 is 27.3 Å². The van der Waals surface area contributed by atoms with Gasteiger partial charge in [0.25, 0.3) is 5.91 Å². The third kappa shape index (κ3) is 5.03. The summed E-state index contributed by atoms with van der Waals surface area (Å²) in [4.78, 5) is 15.5. The average molecular weight is 374 g/mol. The number of hydrogen-bond acceptors (Lipinski definition) is 4. The summed E-state index contributed by atoms with van der Waals surface area (Å²) in [5.74, 6) is 2.03. The zero-order valence-corrected chi connectivity index (χ0v) is 15.1. The molecular formula is C18H18N2O3S2. The van der Waals surface area contributed by atoms with E-state index in [1.807, 2.05) is 17.5 Å². The molecule has 5 nitrogen and oxygen atoms in total. The zero-order chi connectivity index (χ0) is 18.3. The van der Waals surface area contributed by atoms with Crippen LogP contribution in [0.2, 0.25) is 0 Å². The summed E-state index contributed by atoms with van der Waals surface area (Å²) in [6, 6.07) is 9.67. The summed E-state index contributed by atoms with van der Waals surface area (Å²) in [6.07, 6.45) is 6.72. The number of amides is 1. The number of carbonyl (C=O) groups is 1. The summed E-state index contributed by atoms with van der Waals surface area (Å²) in [5.41, 5.74) is 0.411. The first-order valence-corrected chi connectivity index (χ1v) is 9.80. The van der Waals surface area contributed by atoms with Crippen LogP contribution in [0.5, 0.6) is 0 Å². The van der Waals surface area contributed by atoms with Crippen LogP contribution in [0.3, 0.4) is 0 Å². The highest BCUT2D eigenvalue weighted by Crippen LogP contribution is 2.16. The molecule has 0 atom stereocenters. The minimum absolute atomic E-state index is 0.0628. The minimum atomic E-state index is -3.67. The highest BCUT2D eigenvalue weighted by molar-refractivity contribution is 7.89. The van der Waals surface area contributed by atoms with Gasteiger partial charge < -0.3 is 4.90 Å². The van der Waals surface area contributed by atoms with Crippen molar-refractivity contribution in [2.24, 2.45) is 0 Å². The first-order chi connectivity index (χ1) is 12.0. The van der Waals surface area contributed by atoms with Crippen LogP contribution in [0.1, 0.15) is 15.2 Å². The highest BCUT2D eigenvalue weighted by Gasteiger charge is 2.18. The summed E-state index contributed by atoms with van der Waals surface area (Å²) in [6.45, 7) is 4.48. The van der Waals surface area contributed by atoms with Gasteiger partial charge >= 0.3 is 0 Å². The fourth-order valence-corrected chi connectivity index (χ4v) is 3.80. The van der Waals surface area contributed by atoms with E-state index in [9.17, 15) is 13.2 Å². The Bertz CT molecular complexity index is 864. The molecule has 0 aliphatic heterocycles. The van der Waals surface area contributed by atoms with Gasteiger partial charge in [-0.3, -0.25) is 4.79 Å². The Labute approximate surface area is 152 Å². The number of thiophene rings is 1. The van der Waals surface area contributed by atoms with Crippen LogP contribution >= 0.6 is 11.3 Å². The normalized spacial score (nSPS) is 10.8. The second-order valence-corrected chi connectivity index (χ2v) is 7.91. The molecule has 1 amide bonds. The number of rotatable bonds is 8. The molecule has 130 valence electrons. The summed E-state index contributed by atoms with van der Waals surface area (Å²) in [7, 11) is -3.67. The summed E-state index contributed by atoms with van der Waals surface area (Å²) < 4.78 is 26.3. The zero-order valence-electron chi connectivity index (χ0n) is 13.5. The van der Waals surface area contributed by atoms with E-state index in [2.05, 4.69) is 17.2 Å². The van der Waals surface area contributed by atoms with Gasteiger partial charge in [-0.2, -0.15) is 4.72 Å². The van der Waals surface area contributed by atoms with Crippen LogP contribution in [-0.4, -0.2) is 32.3 Å². The molecule has 0 saturated heterocycles. The van der Waals surface area contributed by atoms with E-state index >= 15 is 0 Å². The second kappa shape index (κ2) is 8.62. The molecule has 0 spiro atoms. The topological polar surface area (TPSA) is 66.5 Å². The molecule has 0 aliphatic carbocycles. The van der Waals surface area contributed by atoms with Crippen molar-refractivity contribution in [1.29, 1.82) is 0 Å². The Morgan fingerprint density at radius 2 is 2.04 bits per heavy atom. The molecule has 1 N–H and O–H groups in total. The summed E-state index contributed by atoms with van der Waals surface area (Å²) >= 11 is 1.57. The Kier molecular flexibility index (Phi) is 6.53. The molecule has 0 saturated carbocycles. The van der Waals surface area contributed by atoms with Gasteiger partial charge in [0, 0.05) is 17.0 Å². The van der Waals surface area contributed by atoms with Crippen molar-refractivity contribution in [2.75, 3.05) is 13.1 Å². The lowest BCUT2D eigenvalue weighted by molar-refractivity contribution is 0.0764. The number of carbonyl (C=O) groups excluding carboxylic acids is 1. The largest absolute Gasteiger partial charge is 0.330 e. The molecular weight excluding hydrogens is 356 g/mol. The second-order valence-electron chi connectivity index (χ2n) is 5.11. The Morgan fingerprint density at radius 1 is 1.32 bits per heavy atom. The van der Waals surface area contributed by atoms with E-state index in [0.29, 0.717) is 18.7 Å². The predicted octanol–water partition coefficient (Wildman–Crippen LogP) is 2.49. The molecule has 2 rings (SSSR count). The van der Waals surface area contributed by atoms with Crippen LogP contribution in [0.4, 0.5) is 0 Å². The standard InChI is InChI=1S/C18H18N2O3S2/c1-3-11-19-25(22,23)17-9-7-15(8-10-17)18(21)20(12-4-2)14-16-6-5-13-24-16/h1,4-10,13,19H,2,11-12,14H2. The third-order valence-corrected chi connectivity index (χ3v) is 5.62. The average Bonchev–Trinajstić information content (AvgIpc) is 3.12. The molecule has 1 heterocycles. The number of nitrogens with one attached hydrogen (secondary N) is 1. The van der Waals surface area contributed by atoms with Gasteiger partial charge in [-0.15, -0.1) is 24.3 Å². The molecule has 1 aromatic heterocycles. The lowest BCUT2D eigenvalue weighted by Gasteiger charge is -2.20. The smallest absolute Gasteiger partial charge is 0.254 e. The van der Waals surface area contributed by atoms with E-state index in [0.717, 1.165) is 4.88 Å². The Balaban J connectivity index is 2.17. The molecule has 0 aliphatic rings. The van der Waals surface area contributed by atoms with Crippen molar-refractivity contribution in [3.8, 4) is 12.3 Å². The van der Waals surface area contributed by atoms with Crippen molar-refractivity contribution in [1.82, 2.24) is 9.62 Å². The predicted molar refractivity (Wildman–Crippen MR) is 99.7 cm³/mol. The number of hydrogen-bond donors (Lipinski definition) is 1. The molecule has 7 heteroatoms.